The van der Waals surface area contributed by atoms with Crippen LogP contribution in [0.25, 0.3) is 0 Å². The number of methoxy groups -OCH3 is 2. The van der Waals surface area contributed by atoms with Gasteiger partial charge in [-0.3, -0.25) is 14.5 Å². The number of esters is 1. The van der Waals surface area contributed by atoms with Gasteiger partial charge in [0.1, 0.15) is 11.6 Å². The molecular formula is C29H26N6O5S2. The van der Waals surface area contributed by atoms with E-state index in [1.165, 1.54) is 30.2 Å². The van der Waals surface area contributed by atoms with Crippen LogP contribution in [0.5, 0.6) is 5.75 Å². The molecule has 0 bridgehead atoms. The van der Waals surface area contributed by atoms with Crippen molar-refractivity contribution >= 4 is 51.6 Å². The molecule has 0 fully saturated rings. The number of carbonyl (C=O) groups is 3. The van der Waals surface area contributed by atoms with Gasteiger partial charge in [0.2, 0.25) is 11.0 Å². The van der Waals surface area contributed by atoms with Crippen LogP contribution in [0.4, 0.5) is 10.8 Å². The Morgan fingerprint density at radius 3 is 2.69 bits per heavy atom. The predicted octanol–water partition coefficient (Wildman–Crippen LogP) is 4.37. The Bertz CT molecular complexity index is 1660. The number of nitrogens with two attached hydrogens (primary N) is 1. The summed E-state index contributed by atoms with van der Waals surface area (Å²) in [6.45, 7) is 0. The van der Waals surface area contributed by atoms with Crippen molar-refractivity contribution in [2.75, 3.05) is 30.2 Å². The Balaban J connectivity index is 1.37. The highest BCUT2D eigenvalue weighted by molar-refractivity contribution is 8.01. The summed E-state index contributed by atoms with van der Waals surface area (Å²) in [5.41, 5.74) is 9.76. The van der Waals surface area contributed by atoms with Gasteiger partial charge < -0.3 is 20.5 Å². The molecule has 42 heavy (non-hydrogen) atoms. The zero-order valence-electron chi connectivity index (χ0n) is 22.7. The van der Waals surface area contributed by atoms with Gasteiger partial charge in [-0.1, -0.05) is 35.2 Å². The van der Waals surface area contributed by atoms with E-state index in [9.17, 15) is 19.6 Å². The summed E-state index contributed by atoms with van der Waals surface area (Å²) in [4.78, 5) is 39.1. The van der Waals surface area contributed by atoms with Crippen molar-refractivity contribution < 1.29 is 23.9 Å². The van der Waals surface area contributed by atoms with Gasteiger partial charge in [-0.25, -0.2) is 4.79 Å². The number of anilines is 2. The van der Waals surface area contributed by atoms with Gasteiger partial charge >= 0.3 is 5.97 Å². The number of ether oxygens (including phenoxy) is 2. The topological polar surface area (TPSA) is 161 Å². The van der Waals surface area contributed by atoms with E-state index in [4.69, 9.17) is 10.5 Å². The van der Waals surface area contributed by atoms with Gasteiger partial charge in [0.05, 0.1) is 43.1 Å². The lowest BCUT2D eigenvalue weighted by atomic mass is 9.76. The number of rotatable bonds is 8. The van der Waals surface area contributed by atoms with Crippen LogP contribution in [-0.2, 0) is 14.3 Å². The largest absolute Gasteiger partial charge is 0.497 e. The lowest BCUT2D eigenvalue weighted by Crippen LogP contribution is -2.38. The van der Waals surface area contributed by atoms with Crippen molar-refractivity contribution in [3.63, 3.8) is 0 Å². The molecule has 2 aromatic carbocycles. The van der Waals surface area contributed by atoms with Crippen LogP contribution in [-0.4, -0.2) is 47.8 Å². The number of nitrogens with one attached hydrogen (secondary N) is 1. The van der Waals surface area contributed by atoms with Crippen LogP contribution in [0.2, 0.25) is 0 Å². The molecule has 1 atom stereocenters. The van der Waals surface area contributed by atoms with E-state index in [1.54, 1.807) is 42.3 Å². The number of Topliss-reactive ketones (excluding diaryl/α,β-unsaturated/α-hetero) is 1. The molecule has 2 heterocycles. The smallest absolute Gasteiger partial charge is 0.337 e. The molecule has 1 aliphatic heterocycles. The normalized spacial score (nSPS) is 16.5. The summed E-state index contributed by atoms with van der Waals surface area (Å²) in [5, 5.41) is 21.9. The number of hydrogen-bond acceptors (Lipinski definition) is 12. The zero-order chi connectivity index (χ0) is 29.8. The maximum absolute atomic E-state index is 13.3. The minimum absolute atomic E-state index is 0.0373. The maximum atomic E-state index is 13.3. The number of carbonyl (C=O) groups excluding carboxylic acids is 3. The first-order valence-corrected chi connectivity index (χ1v) is 14.7. The summed E-state index contributed by atoms with van der Waals surface area (Å²) in [7, 11) is 2.86. The Hall–Kier alpha value is -4.67. The first kappa shape index (κ1) is 28.8. The fourth-order valence-corrected chi connectivity index (χ4v) is 6.62. The zero-order valence-corrected chi connectivity index (χ0v) is 24.4. The number of ketones is 1. The monoisotopic (exact) mass is 602 g/mol. The molecular weight excluding hydrogens is 576 g/mol. The lowest BCUT2D eigenvalue weighted by molar-refractivity contribution is -0.116. The molecule has 214 valence electrons. The fourth-order valence-electron chi connectivity index (χ4n) is 4.94. The van der Waals surface area contributed by atoms with Crippen LogP contribution in [0, 0.1) is 11.3 Å². The Labute approximate surface area is 250 Å². The standard InChI is InChI=1S/C29H26N6O5S2/c1-39-19-6-3-5-17(13-19)24-20(14-30)26(31)35(21-7-4-8-22(36)25(21)24)28-33-34-29(42-28)41-15-23(37)32-18-11-9-16(10-12-18)27(38)40-2/h3,5-6,9-13,24H,4,7-8,15,31H2,1-2H3,(H,32,37). The number of nitriles is 1. The number of amides is 1. The van der Waals surface area contributed by atoms with E-state index in [-0.39, 0.29) is 28.8 Å². The third kappa shape index (κ3) is 5.72. The molecule has 13 heteroatoms. The average molecular weight is 603 g/mol. The van der Waals surface area contributed by atoms with E-state index >= 15 is 0 Å². The molecule has 1 aliphatic carbocycles. The Morgan fingerprint density at radius 2 is 1.98 bits per heavy atom. The lowest BCUT2D eigenvalue weighted by Gasteiger charge is -2.38. The molecule has 2 aliphatic rings. The second-order valence-corrected chi connectivity index (χ2v) is 11.5. The van der Waals surface area contributed by atoms with E-state index in [0.717, 1.165) is 5.56 Å². The maximum Gasteiger partial charge on any atom is 0.337 e. The SMILES string of the molecule is COC(=O)c1ccc(NC(=O)CSc2nnc(N3C(N)=C(C#N)C(c4cccc(OC)c4)C4=C3CCCC4=O)s2)cc1. The second kappa shape index (κ2) is 12.5. The molecule has 1 aromatic heterocycles. The highest BCUT2D eigenvalue weighted by Crippen LogP contribution is 2.47. The fraction of sp³-hybridized carbons (Fsp3) is 0.241. The summed E-state index contributed by atoms with van der Waals surface area (Å²) in [6, 6.07) is 15.9. The summed E-state index contributed by atoms with van der Waals surface area (Å²) >= 11 is 2.41. The molecule has 0 spiro atoms. The molecule has 0 saturated carbocycles. The van der Waals surface area contributed by atoms with Gasteiger partial charge in [0, 0.05) is 23.4 Å². The second-order valence-electron chi connectivity index (χ2n) is 9.35. The molecule has 0 saturated heterocycles. The third-order valence-corrected chi connectivity index (χ3v) is 8.89. The van der Waals surface area contributed by atoms with E-state index in [2.05, 4.69) is 26.3 Å². The van der Waals surface area contributed by atoms with E-state index in [0.29, 0.717) is 57.0 Å². The van der Waals surface area contributed by atoms with Crippen molar-refractivity contribution in [3.8, 4) is 11.8 Å². The number of allylic oxidation sites excluding steroid dienone is 3. The van der Waals surface area contributed by atoms with Gasteiger partial charge in [0.25, 0.3) is 0 Å². The number of hydrogen-bond donors (Lipinski definition) is 2. The molecule has 5 rings (SSSR count). The van der Waals surface area contributed by atoms with Gasteiger partial charge in [-0.05, 0) is 54.8 Å². The van der Waals surface area contributed by atoms with Crippen molar-refractivity contribution in [1.82, 2.24) is 10.2 Å². The first-order chi connectivity index (χ1) is 20.3. The summed E-state index contributed by atoms with van der Waals surface area (Å²) < 4.78 is 10.6. The molecule has 0 radical (unpaired) electrons. The van der Waals surface area contributed by atoms with Crippen LogP contribution in [0.15, 0.2) is 75.5 Å². The highest BCUT2D eigenvalue weighted by atomic mass is 32.2. The number of benzene rings is 2. The van der Waals surface area contributed by atoms with E-state index in [1.807, 2.05) is 18.2 Å². The number of thioether (sulfide) groups is 1. The number of aromatic nitrogens is 2. The van der Waals surface area contributed by atoms with Crippen molar-refractivity contribution in [1.29, 1.82) is 5.26 Å². The Kier molecular flexibility index (Phi) is 8.56. The van der Waals surface area contributed by atoms with Gasteiger partial charge in [0.15, 0.2) is 10.1 Å². The molecule has 3 N–H and O–H groups in total. The Morgan fingerprint density at radius 1 is 1.19 bits per heavy atom. The molecule has 1 amide bonds. The quantitative estimate of drug-likeness (QED) is 0.278. The van der Waals surface area contributed by atoms with Crippen LogP contribution >= 0.6 is 23.1 Å². The third-order valence-electron chi connectivity index (χ3n) is 6.84. The molecule has 3 aromatic rings. The van der Waals surface area contributed by atoms with Crippen molar-refractivity contribution in [2.45, 2.75) is 29.5 Å². The highest BCUT2D eigenvalue weighted by Gasteiger charge is 2.41. The van der Waals surface area contributed by atoms with Crippen LogP contribution < -0.4 is 20.7 Å². The average Bonchev–Trinajstić information content (AvgIpc) is 3.48. The van der Waals surface area contributed by atoms with Crippen molar-refractivity contribution in [2.24, 2.45) is 5.73 Å². The van der Waals surface area contributed by atoms with E-state index < -0.39 is 11.9 Å². The van der Waals surface area contributed by atoms with Gasteiger partial charge in [-0.2, -0.15) is 5.26 Å². The predicted molar refractivity (Wildman–Crippen MR) is 158 cm³/mol. The summed E-state index contributed by atoms with van der Waals surface area (Å²) in [5.74, 6) is -0.509. The van der Waals surface area contributed by atoms with Gasteiger partial charge in [-0.15, -0.1) is 10.2 Å². The minimum atomic E-state index is -0.615. The minimum Gasteiger partial charge on any atom is -0.497 e. The summed E-state index contributed by atoms with van der Waals surface area (Å²) in [6.07, 6.45) is 1.61. The first-order valence-electron chi connectivity index (χ1n) is 12.9. The molecule has 1 unspecified atom stereocenters. The van der Waals surface area contributed by atoms with Crippen LogP contribution in [0.3, 0.4) is 0 Å². The number of nitrogens with zero attached hydrogens (tertiary/aromatic N) is 4. The van der Waals surface area contributed by atoms with Crippen LogP contribution in [0.1, 0.15) is 41.1 Å². The van der Waals surface area contributed by atoms with Crippen molar-refractivity contribution in [3.05, 3.63) is 82.3 Å². The molecule has 11 nitrogen and oxygen atoms in total.